The van der Waals surface area contributed by atoms with Gasteiger partial charge in [0.2, 0.25) is 5.91 Å². The van der Waals surface area contributed by atoms with Crippen molar-refractivity contribution in [2.24, 2.45) is 0 Å². The summed E-state index contributed by atoms with van der Waals surface area (Å²) in [6, 6.07) is 3.45. The van der Waals surface area contributed by atoms with Crippen LogP contribution < -0.4 is 15.0 Å². The maximum atomic E-state index is 13.2. The number of rotatable bonds is 2. The van der Waals surface area contributed by atoms with E-state index in [0.717, 1.165) is 16.7 Å². The number of allylic oxidation sites excluding steroid dienone is 3. The molecule has 4 rings (SSSR count). The molecule has 3 heterocycles. The summed E-state index contributed by atoms with van der Waals surface area (Å²) >= 11 is 6.60. The standard InChI is InChI=1S/C28H37ClN2O7/c1-15-7-8-21(35-5)19-12-18(37-27(34)30-19)13-24-28(3,38-24)23(32)14-25(33)31(4)20-10-17(9-16(15)2)11-22(36-6)26(20)29/h7-8,10-11,18-19,21,23-24,32H,9,12-14H2,1-6H3,(H,30,34)/b8-7+,16-15+/t18?,19?,21-,23?,24?,28?/m0/s1. The summed E-state index contributed by atoms with van der Waals surface area (Å²) in [5, 5.41) is 14.2. The molecule has 3 aliphatic heterocycles. The number of fused-ring (bicyclic) bond motifs is 5. The summed E-state index contributed by atoms with van der Waals surface area (Å²) in [6.07, 6.45) is 2.62. The van der Waals surface area contributed by atoms with Gasteiger partial charge in [0, 0.05) is 27.0 Å². The maximum Gasteiger partial charge on any atom is 0.407 e. The molecule has 10 heteroatoms. The molecular weight excluding hydrogens is 512 g/mol. The molecular formula is C28H37ClN2O7. The monoisotopic (exact) mass is 548 g/mol. The highest BCUT2D eigenvalue weighted by atomic mass is 35.5. The van der Waals surface area contributed by atoms with E-state index in [0.29, 0.717) is 35.7 Å². The van der Waals surface area contributed by atoms with Gasteiger partial charge in [-0.15, -0.1) is 0 Å². The topological polar surface area (TPSA) is 110 Å². The number of alkyl carbamates (subject to hydrolysis) is 1. The Labute approximate surface area is 228 Å². The number of benzene rings is 1. The Morgan fingerprint density at radius 3 is 2.63 bits per heavy atom. The van der Waals surface area contributed by atoms with E-state index < -0.39 is 23.9 Å². The van der Waals surface area contributed by atoms with E-state index in [4.69, 9.17) is 30.5 Å². The number of halogens is 1. The molecule has 38 heavy (non-hydrogen) atoms. The highest BCUT2D eigenvalue weighted by molar-refractivity contribution is 6.35. The van der Waals surface area contributed by atoms with Crippen LogP contribution in [0.15, 0.2) is 35.4 Å². The van der Waals surface area contributed by atoms with Crippen molar-refractivity contribution < 1.29 is 33.6 Å². The predicted molar refractivity (Wildman–Crippen MR) is 144 cm³/mol. The molecule has 5 unspecified atom stereocenters. The van der Waals surface area contributed by atoms with Gasteiger partial charge in [-0.05, 0) is 44.9 Å². The third kappa shape index (κ3) is 5.86. The van der Waals surface area contributed by atoms with Crippen molar-refractivity contribution in [2.75, 3.05) is 26.2 Å². The number of carbonyl (C=O) groups is 2. The molecule has 1 aromatic rings. The minimum atomic E-state index is -1.05. The third-order valence-corrected chi connectivity index (χ3v) is 8.34. The second kappa shape index (κ2) is 11.3. The molecule has 2 saturated heterocycles. The Balaban J connectivity index is 1.72. The van der Waals surface area contributed by atoms with Crippen LogP contribution in [0.2, 0.25) is 5.02 Å². The fraction of sp³-hybridized carbons (Fsp3) is 0.571. The number of hydrogen-bond acceptors (Lipinski definition) is 7. The summed E-state index contributed by atoms with van der Waals surface area (Å²) in [5.74, 6) is 0.154. The van der Waals surface area contributed by atoms with E-state index >= 15 is 0 Å². The van der Waals surface area contributed by atoms with Gasteiger partial charge in [0.05, 0.1) is 43.6 Å². The molecule has 9 nitrogen and oxygen atoms in total. The Kier molecular flexibility index (Phi) is 8.42. The first-order valence-corrected chi connectivity index (χ1v) is 13.2. The summed E-state index contributed by atoms with van der Waals surface area (Å²) in [6.45, 7) is 5.82. The lowest BCUT2D eigenvalue weighted by Gasteiger charge is -2.33. The molecule has 2 fully saturated rings. The molecule has 2 amide bonds. The van der Waals surface area contributed by atoms with Gasteiger partial charge in [-0.2, -0.15) is 0 Å². The summed E-state index contributed by atoms with van der Waals surface area (Å²) in [4.78, 5) is 27.0. The number of methoxy groups -OCH3 is 2. The minimum absolute atomic E-state index is 0.158. The van der Waals surface area contributed by atoms with Crippen molar-refractivity contribution in [3.8, 4) is 5.75 Å². The van der Waals surface area contributed by atoms with Gasteiger partial charge in [0.15, 0.2) is 0 Å². The lowest BCUT2D eigenvalue weighted by Crippen LogP contribution is -2.51. The van der Waals surface area contributed by atoms with Gasteiger partial charge < -0.3 is 34.3 Å². The summed E-state index contributed by atoms with van der Waals surface area (Å²) < 4.78 is 22.6. The Morgan fingerprint density at radius 1 is 1.21 bits per heavy atom. The summed E-state index contributed by atoms with van der Waals surface area (Å²) in [7, 11) is 4.78. The Hall–Kier alpha value is -2.59. The zero-order valence-corrected chi connectivity index (χ0v) is 23.5. The number of carbonyl (C=O) groups excluding carboxylic acids is 2. The van der Waals surface area contributed by atoms with Crippen LogP contribution in [0, 0.1) is 0 Å². The average molecular weight is 549 g/mol. The number of nitrogens with zero attached hydrogens (tertiary/aromatic N) is 1. The SMILES string of the molecule is COc1cc2cc(c1Cl)N(C)C(=O)CC(O)C1(C)OC1CC1CC(NC(=O)O1)[C@@H](OC)/C=C/C(C)=C(\C)C2. The molecule has 4 bridgehead atoms. The lowest BCUT2D eigenvalue weighted by molar-refractivity contribution is -0.121. The van der Waals surface area contributed by atoms with E-state index in [1.807, 2.05) is 38.1 Å². The Bertz CT molecular complexity index is 1150. The zero-order chi connectivity index (χ0) is 27.8. The number of epoxide rings is 1. The quantitative estimate of drug-likeness (QED) is 0.539. The first-order valence-electron chi connectivity index (χ1n) is 12.8. The molecule has 208 valence electrons. The van der Waals surface area contributed by atoms with Crippen molar-refractivity contribution in [2.45, 2.75) is 82.5 Å². The van der Waals surface area contributed by atoms with E-state index in [2.05, 4.69) is 5.32 Å². The first kappa shape index (κ1) is 28.4. The van der Waals surface area contributed by atoms with Crippen LogP contribution in [-0.2, 0) is 25.4 Å². The van der Waals surface area contributed by atoms with Gasteiger partial charge in [0.1, 0.15) is 22.5 Å². The van der Waals surface area contributed by atoms with Crippen molar-refractivity contribution in [1.29, 1.82) is 0 Å². The van der Waals surface area contributed by atoms with Gasteiger partial charge in [-0.25, -0.2) is 4.79 Å². The number of ether oxygens (including phenoxy) is 4. The molecule has 2 N–H and O–H groups in total. The second-order valence-corrected chi connectivity index (χ2v) is 10.9. The van der Waals surface area contributed by atoms with Crippen LogP contribution >= 0.6 is 11.6 Å². The number of amides is 2. The first-order chi connectivity index (χ1) is 18.0. The van der Waals surface area contributed by atoms with Crippen LogP contribution in [-0.4, -0.2) is 74.4 Å². The van der Waals surface area contributed by atoms with E-state index in [-0.39, 0.29) is 30.6 Å². The lowest BCUT2D eigenvalue weighted by atomic mass is 9.91. The normalized spacial score (nSPS) is 35.2. The fourth-order valence-electron chi connectivity index (χ4n) is 5.15. The van der Waals surface area contributed by atoms with Gasteiger partial charge in [0.25, 0.3) is 0 Å². The largest absolute Gasteiger partial charge is 0.495 e. The van der Waals surface area contributed by atoms with Crippen molar-refractivity contribution in [3.63, 3.8) is 0 Å². The van der Waals surface area contributed by atoms with Gasteiger partial charge >= 0.3 is 6.09 Å². The zero-order valence-electron chi connectivity index (χ0n) is 22.7. The van der Waals surface area contributed by atoms with Crippen molar-refractivity contribution >= 4 is 29.3 Å². The number of nitrogens with one attached hydrogen (secondary N) is 1. The smallest absolute Gasteiger partial charge is 0.407 e. The number of hydrogen-bond donors (Lipinski definition) is 2. The average Bonchev–Trinajstić information content (AvgIpc) is 3.53. The predicted octanol–water partition coefficient (Wildman–Crippen LogP) is 3.94. The van der Waals surface area contributed by atoms with Crippen LogP contribution in [0.1, 0.15) is 45.6 Å². The third-order valence-electron chi connectivity index (χ3n) is 7.96. The maximum absolute atomic E-state index is 13.2. The van der Waals surface area contributed by atoms with Crippen LogP contribution in [0.25, 0.3) is 0 Å². The number of aliphatic hydroxyl groups is 1. The number of anilines is 1. The molecule has 0 spiro atoms. The molecule has 0 saturated carbocycles. The van der Waals surface area contributed by atoms with Crippen molar-refractivity contribution in [3.05, 3.63) is 46.0 Å². The van der Waals surface area contributed by atoms with Crippen LogP contribution in [0.4, 0.5) is 10.5 Å². The van der Waals surface area contributed by atoms with Crippen LogP contribution in [0.5, 0.6) is 5.75 Å². The Morgan fingerprint density at radius 2 is 1.95 bits per heavy atom. The van der Waals surface area contributed by atoms with Gasteiger partial charge in [-0.1, -0.05) is 34.9 Å². The van der Waals surface area contributed by atoms with Crippen molar-refractivity contribution in [1.82, 2.24) is 5.32 Å². The molecule has 6 atom stereocenters. The highest BCUT2D eigenvalue weighted by Gasteiger charge is 2.58. The summed E-state index contributed by atoms with van der Waals surface area (Å²) in [5.41, 5.74) is 2.65. The highest BCUT2D eigenvalue weighted by Crippen LogP contribution is 2.45. The molecule has 1 aromatic carbocycles. The van der Waals surface area contributed by atoms with E-state index in [1.54, 1.807) is 21.1 Å². The molecule has 0 aliphatic carbocycles. The molecule has 3 aliphatic rings. The van der Waals surface area contributed by atoms with E-state index in [9.17, 15) is 14.7 Å². The fourth-order valence-corrected chi connectivity index (χ4v) is 5.46. The van der Waals surface area contributed by atoms with Crippen LogP contribution in [0.3, 0.4) is 0 Å². The molecule has 0 radical (unpaired) electrons. The van der Waals surface area contributed by atoms with E-state index in [1.165, 1.54) is 12.0 Å². The number of aliphatic hydroxyl groups excluding tert-OH is 1. The molecule has 0 aromatic heterocycles. The van der Waals surface area contributed by atoms with Gasteiger partial charge in [-0.3, -0.25) is 4.79 Å². The minimum Gasteiger partial charge on any atom is -0.495 e. The second-order valence-electron chi connectivity index (χ2n) is 10.5.